The number of aryl methyl sites for hydroxylation is 1. The minimum Gasteiger partial charge on any atom is -0.508 e. The molecule has 4 heteroatoms. The average Bonchev–Trinajstić information content (AvgIpc) is 2.20. The highest BCUT2D eigenvalue weighted by atomic mass is 32.1. The fourth-order valence-corrected chi connectivity index (χ4v) is 0.888. The van der Waals surface area contributed by atoms with Gasteiger partial charge in [0.15, 0.2) is 0 Å². The van der Waals surface area contributed by atoms with Crippen molar-refractivity contribution in [2.45, 2.75) is 13.8 Å². The number of carbonyl (C=O) groups excluding carboxylic acids is 1. The number of rotatable bonds is 2. The lowest BCUT2D eigenvalue weighted by Gasteiger charge is -1.93. The Hall–Kier alpha value is -1.16. The fourth-order valence-electron chi connectivity index (χ4n) is 0.777. The van der Waals surface area contributed by atoms with E-state index in [0.717, 1.165) is 0 Å². The van der Waals surface area contributed by atoms with E-state index in [-0.39, 0.29) is 5.91 Å². The van der Waals surface area contributed by atoms with Gasteiger partial charge in [0.25, 0.3) is 0 Å². The Morgan fingerprint density at radius 3 is 2.20 bits per heavy atom. The second kappa shape index (κ2) is 8.17. The highest BCUT2D eigenvalue weighted by Gasteiger charge is 1.83. The van der Waals surface area contributed by atoms with Gasteiger partial charge in [-0.25, -0.2) is 0 Å². The van der Waals surface area contributed by atoms with Crippen molar-refractivity contribution < 1.29 is 9.90 Å². The summed E-state index contributed by atoms with van der Waals surface area (Å²) in [6.45, 7) is 4.14. The van der Waals surface area contributed by atoms with Crippen LogP contribution in [0.4, 0.5) is 0 Å². The quantitative estimate of drug-likeness (QED) is 0.674. The van der Waals surface area contributed by atoms with Crippen LogP contribution in [-0.4, -0.2) is 23.3 Å². The van der Waals surface area contributed by atoms with Crippen LogP contribution in [0.1, 0.15) is 12.5 Å². The molecular weight excluding hydrogens is 210 g/mol. The van der Waals surface area contributed by atoms with Crippen LogP contribution in [0.3, 0.4) is 0 Å². The molecule has 0 unspecified atom stereocenters. The van der Waals surface area contributed by atoms with Crippen LogP contribution in [0.15, 0.2) is 24.3 Å². The number of benzene rings is 1. The Balaban J connectivity index is 0.000000265. The van der Waals surface area contributed by atoms with Crippen LogP contribution in [0.25, 0.3) is 0 Å². The van der Waals surface area contributed by atoms with E-state index in [1.165, 1.54) is 12.5 Å². The van der Waals surface area contributed by atoms with Crippen molar-refractivity contribution in [3.8, 4) is 5.75 Å². The summed E-state index contributed by atoms with van der Waals surface area (Å²) in [7, 11) is 0. The number of hydrogen-bond acceptors (Lipinski definition) is 3. The number of phenols is 1. The van der Waals surface area contributed by atoms with Crippen LogP contribution in [0, 0.1) is 6.92 Å². The van der Waals surface area contributed by atoms with Gasteiger partial charge in [0.2, 0.25) is 5.91 Å². The lowest BCUT2D eigenvalue weighted by Crippen LogP contribution is -2.21. The zero-order valence-electron chi connectivity index (χ0n) is 9.03. The van der Waals surface area contributed by atoms with E-state index in [2.05, 4.69) is 17.9 Å². The summed E-state index contributed by atoms with van der Waals surface area (Å²) < 4.78 is 0. The SMILES string of the molecule is CC(=O)NCCS.Cc1ccc(O)cc1. The lowest BCUT2D eigenvalue weighted by molar-refractivity contribution is -0.118. The van der Waals surface area contributed by atoms with Crippen molar-refractivity contribution in [1.29, 1.82) is 0 Å². The van der Waals surface area contributed by atoms with Gasteiger partial charge in [0.05, 0.1) is 0 Å². The molecule has 0 aliphatic rings. The van der Waals surface area contributed by atoms with Crippen LogP contribution in [0.2, 0.25) is 0 Å². The first-order chi connectivity index (χ1) is 7.06. The normalized spacial score (nSPS) is 8.73. The topological polar surface area (TPSA) is 49.3 Å². The number of aromatic hydroxyl groups is 1. The molecule has 0 spiro atoms. The molecule has 1 aromatic rings. The maximum atomic E-state index is 10.1. The summed E-state index contributed by atoms with van der Waals surface area (Å²) >= 11 is 3.88. The number of hydrogen-bond donors (Lipinski definition) is 3. The van der Waals surface area contributed by atoms with Gasteiger partial charge >= 0.3 is 0 Å². The molecule has 84 valence electrons. The van der Waals surface area contributed by atoms with E-state index in [9.17, 15) is 4.79 Å². The predicted octanol–water partition coefficient (Wildman–Crippen LogP) is 1.75. The number of nitrogens with one attached hydrogen (secondary N) is 1. The number of phenolic OH excluding ortho intramolecular Hbond substituents is 1. The molecule has 1 rings (SSSR count). The predicted molar refractivity (Wildman–Crippen MR) is 65.4 cm³/mol. The van der Waals surface area contributed by atoms with Gasteiger partial charge in [-0.15, -0.1) is 0 Å². The molecular formula is C11H17NO2S. The molecule has 1 aromatic carbocycles. The third kappa shape index (κ3) is 9.15. The monoisotopic (exact) mass is 227 g/mol. The van der Waals surface area contributed by atoms with E-state index in [1.807, 2.05) is 19.1 Å². The molecule has 0 saturated heterocycles. The molecule has 15 heavy (non-hydrogen) atoms. The smallest absolute Gasteiger partial charge is 0.216 e. The van der Waals surface area contributed by atoms with Crippen molar-refractivity contribution in [2.75, 3.05) is 12.3 Å². The molecule has 1 amide bonds. The Bertz CT molecular complexity index is 264. The van der Waals surface area contributed by atoms with Crippen molar-refractivity contribution in [2.24, 2.45) is 0 Å². The zero-order valence-corrected chi connectivity index (χ0v) is 9.92. The largest absolute Gasteiger partial charge is 0.508 e. The van der Waals surface area contributed by atoms with E-state index in [0.29, 0.717) is 18.0 Å². The molecule has 0 fully saturated rings. The van der Waals surface area contributed by atoms with Crippen molar-refractivity contribution >= 4 is 18.5 Å². The highest BCUT2D eigenvalue weighted by Crippen LogP contribution is 2.07. The Morgan fingerprint density at radius 2 is 1.93 bits per heavy atom. The first-order valence-corrected chi connectivity index (χ1v) is 5.30. The standard InChI is InChI=1S/C7H8O.C4H9NOS/c1-6-2-4-7(8)5-3-6;1-4(6)5-2-3-7/h2-5,8H,1H3;7H,2-3H2,1H3,(H,5,6). The summed E-state index contributed by atoms with van der Waals surface area (Å²) in [5.74, 6) is 1.05. The summed E-state index contributed by atoms with van der Waals surface area (Å²) in [5.41, 5.74) is 1.17. The van der Waals surface area contributed by atoms with Gasteiger partial charge in [-0.2, -0.15) is 12.6 Å². The minimum atomic E-state index is 0.00838. The Labute approximate surface area is 95.9 Å². The van der Waals surface area contributed by atoms with Gasteiger partial charge in [0, 0.05) is 19.2 Å². The maximum absolute atomic E-state index is 10.1. The van der Waals surface area contributed by atoms with Crippen LogP contribution in [0.5, 0.6) is 5.75 Å². The molecule has 0 saturated carbocycles. The number of carbonyl (C=O) groups is 1. The maximum Gasteiger partial charge on any atom is 0.216 e. The Morgan fingerprint density at radius 1 is 1.40 bits per heavy atom. The minimum absolute atomic E-state index is 0.00838. The summed E-state index contributed by atoms with van der Waals surface area (Å²) in [6.07, 6.45) is 0. The molecule has 0 aromatic heterocycles. The van der Waals surface area contributed by atoms with Crippen molar-refractivity contribution in [3.63, 3.8) is 0 Å². The van der Waals surface area contributed by atoms with E-state index in [4.69, 9.17) is 5.11 Å². The van der Waals surface area contributed by atoms with Gasteiger partial charge < -0.3 is 10.4 Å². The molecule has 0 aliphatic heterocycles. The van der Waals surface area contributed by atoms with E-state index >= 15 is 0 Å². The number of thiol groups is 1. The first kappa shape index (κ1) is 13.8. The van der Waals surface area contributed by atoms with Crippen LogP contribution >= 0.6 is 12.6 Å². The van der Waals surface area contributed by atoms with E-state index in [1.54, 1.807) is 12.1 Å². The summed E-state index contributed by atoms with van der Waals surface area (Å²) in [6, 6.07) is 7.09. The van der Waals surface area contributed by atoms with Gasteiger partial charge in [0.1, 0.15) is 5.75 Å². The van der Waals surface area contributed by atoms with Gasteiger partial charge in [-0.3, -0.25) is 4.79 Å². The van der Waals surface area contributed by atoms with Crippen LogP contribution in [-0.2, 0) is 4.79 Å². The Kier molecular flexibility index (Phi) is 7.54. The molecule has 0 aliphatic carbocycles. The zero-order chi connectivity index (χ0) is 11.7. The summed E-state index contributed by atoms with van der Waals surface area (Å²) in [5, 5.41) is 11.3. The second-order valence-corrected chi connectivity index (χ2v) is 3.49. The van der Waals surface area contributed by atoms with Gasteiger partial charge in [-0.05, 0) is 19.1 Å². The third-order valence-electron chi connectivity index (χ3n) is 1.52. The molecule has 2 N–H and O–H groups in total. The van der Waals surface area contributed by atoms with Crippen molar-refractivity contribution in [3.05, 3.63) is 29.8 Å². The third-order valence-corrected chi connectivity index (χ3v) is 1.74. The first-order valence-electron chi connectivity index (χ1n) is 4.67. The van der Waals surface area contributed by atoms with Crippen molar-refractivity contribution in [1.82, 2.24) is 5.32 Å². The van der Waals surface area contributed by atoms with E-state index < -0.39 is 0 Å². The molecule has 3 nitrogen and oxygen atoms in total. The second-order valence-electron chi connectivity index (χ2n) is 3.04. The average molecular weight is 227 g/mol. The fraction of sp³-hybridized carbons (Fsp3) is 0.364. The number of amides is 1. The van der Waals surface area contributed by atoms with Gasteiger partial charge in [-0.1, -0.05) is 17.7 Å². The molecule has 0 radical (unpaired) electrons. The lowest BCUT2D eigenvalue weighted by atomic mass is 10.2. The molecule has 0 atom stereocenters. The van der Waals surface area contributed by atoms with Crippen LogP contribution < -0.4 is 5.32 Å². The highest BCUT2D eigenvalue weighted by molar-refractivity contribution is 7.80. The summed E-state index contributed by atoms with van der Waals surface area (Å²) in [4.78, 5) is 10.1. The molecule has 0 bridgehead atoms. The molecule has 0 heterocycles.